The first-order valence-corrected chi connectivity index (χ1v) is 12.5. The van der Waals surface area contributed by atoms with Gasteiger partial charge in [0.1, 0.15) is 12.2 Å². The van der Waals surface area contributed by atoms with Crippen LogP contribution in [0.4, 0.5) is 5.69 Å². The molecular formula is C28H32N6O3. The Morgan fingerprint density at radius 1 is 1.14 bits per heavy atom. The zero-order valence-corrected chi connectivity index (χ0v) is 21.4. The fourth-order valence-electron chi connectivity index (χ4n) is 5.29. The first kappa shape index (κ1) is 24.7. The van der Waals surface area contributed by atoms with E-state index in [2.05, 4.69) is 4.98 Å². The summed E-state index contributed by atoms with van der Waals surface area (Å²) in [7, 11) is 5.40. The predicted molar refractivity (Wildman–Crippen MR) is 144 cm³/mol. The van der Waals surface area contributed by atoms with Gasteiger partial charge in [-0.1, -0.05) is 12.1 Å². The van der Waals surface area contributed by atoms with Crippen LogP contribution in [0.15, 0.2) is 65.7 Å². The van der Waals surface area contributed by atoms with Gasteiger partial charge in [0.05, 0.1) is 24.5 Å². The van der Waals surface area contributed by atoms with Gasteiger partial charge in [0.25, 0.3) is 11.5 Å². The van der Waals surface area contributed by atoms with Crippen LogP contribution in [-0.4, -0.2) is 56.8 Å². The van der Waals surface area contributed by atoms with Crippen molar-refractivity contribution in [2.75, 3.05) is 32.9 Å². The molecule has 1 saturated heterocycles. The largest absolute Gasteiger partial charge is 0.633 e. The van der Waals surface area contributed by atoms with Gasteiger partial charge in [0, 0.05) is 69.1 Å². The van der Waals surface area contributed by atoms with E-state index in [4.69, 9.17) is 5.73 Å². The molecule has 9 heteroatoms. The molecule has 0 bridgehead atoms. The van der Waals surface area contributed by atoms with E-state index in [9.17, 15) is 14.8 Å². The number of piperidine rings is 1. The number of amides is 1. The average molecular weight is 501 g/mol. The number of carbonyl (C=O) groups is 1. The number of fused-ring (bicyclic) bond motifs is 1. The summed E-state index contributed by atoms with van der Waals surface area (Å²) in [5, 5.41) is 14.6. The van der Waals surface area contributed by atoms with Gasteiger partial charge in [-0.2, -0.15) is 0 Å². The molecule has 2 N–H and O–H groups in total. The van der Waals surface area contributed by atoms with Gasteiger partial charge in [-0.3, -0.25) is 14.2 Å². The van der Waals surface area contributed by atoms with Crippen LogP contribution < -0.4 is 11.3 Å². The van der Waals surface area contributed by atoms with Crippen LogP contribution in [0.1, 0.15) is 40.4 Å². The highest BCUT2D eigenvalue weighted by Crippen LogP contribution is 2.33. The molecule has 0 atom stereocenters. The lowest BCUT2D eigenvalue weighted by atomic mass is 9.88. The molecule has 0 spiro atoms. The topological polar surface area (TPSA) is 109 Å². The molecule has 5 rings (SSSR count). The summed E-state index contributed by atoms with van der Waals surface area (Å²) >= 11 is 0. The van der Waals surface area contributed by atoms with Crippen molar-refractivity contribution in [2.24, 2.45) is 7.05 Å². The van der Waals surface area contributed by atoms with Crippen molar-refractivity contribution >= 4 is 22.6 Å². The van der Waals surface area contributed by atoms with Crippen molar-refractivity contribution in [1.82, 2.24) is 19.0 Å². The molecule has 192 valence electrons. The maximum atomic E-state index is 13.7. The molecule has 0 radical (unpaired) electrons. The number of benzene rings is 1. The lowest BCUT2D eigenvalue weighted by molar-refractivity contribution is -0.899. The third kappa shape index (κ3) is 4.75. The number of rotatable bonds is 5. The number of nitrogens with zero attached hydrogens (tertiary/aromatic N) is 5. The van der Waals surface area contributed by atoms with Crippen molar-refractivity contribution in [3.8, 4) is 5.69 Å². The first-order valence-electron chi connectivity index (χ1n) is 12.5. The molecule has 1 amide bonds. The van der Waals surface area contributed by atoms with Crippen LogP contribution in [0.5, 0.6) is 0 Å². The Kier molecular flexibility index (Phi) is 6.35. The standard InChI is InChI=1S/C28H32N6O3/c1-31(2)28(36)21-6-4-19(5-7-21)20-10-14-34(37,15-11-20)18-23-17-24-25(8-12-30-27(24)32(23)3)33-13-9-22(29)16-26(33)35/h4-9,12-13,16-17,20H,10-11,14-15,18,29H2,1-3H3. The Bertz CT molecular complexity index is 1510. The van der Waals surface area contributed by atoms with Gasteiger partial charge < -0.3 is 25.1 Å². The van der Waals surface area contributed by atoms with Crippen molar-refractivity contribution < 1.29 is 9.44 Å². The van der Waals surface area contributed by atoms with Crippen LogP contribution in [0.2, 0.25) is 0 Å². The van der Waals surface area contributed by atoms with Crippen LogP contribution >= 0.6 is 0 Å². The second-order valence-electron chi connectivity index (χ2n) is 10.2. The molecule has 1 aliphatic rings. The van der Waals surface area contributed by atoms with E-state index in [0.29, 0.717) is 42.5 Å². The van der Waals surface area contributed by atoms with Gasteiger partial charge in [-0.05, 0) is 41.8 Å². The van der Waals surface area contributed by atoms with Gasteiger partial charge in [0.15, 0.2) is 0 Å². The van der Waals surface area contributed by atoms with Crippen LogP contribution in [0, 0.1) is 5.21 Å². The Hall–Kier alpha value is -3.95. The Labute approximate surface area is 215 Å². The zero-order chi connectivity index (χ0) is 26.3. The number of pyridine rings is 2. The monoisotopic (exact) mass is 500 g/mol. The zero-order valence-electron chi connectivity index (χ0n) is 21.4. The number of quaternary nitrogens is 1. The highest BCUT2D eigenvalue weighted by Gasteiger charge is 2.29. The number of hydrogen-bond donors (Lipinski definition) is 1. The second-order valence-corrected chi connectivity index (χ2v) is 10.2. The molecule has 1 aliphatic heterocycles. The molecule has 4 aromatic rings. The van der Waals surface area contributed by atoms with Gasteiger partial charge in [-0.15, -0.1) is 0 Å². The van der Waals surface area contributed by atoms with E-state index < -0.39 is 0 Å². The maximum absolute atomic E-state index is 13.7. The summed E-state index contributed by atoms with van der Waals surface area (Å²) in [6.07, 6.45) is 4.92. The third-order valence-corrected chi connectivity index (χ3v) is 7.46. The van der Waals surface area contributed by atoms with Gasteiger partial charge in [-0.25, -0.2) is 4.98 Å². The van der Waals surface area contributed by atoms with Crippen molar-refractivity contribution in [3.63, 3.8) is 0 Å². The van der Waals surface area contributed by atoms with E-state index in [1.165, 1.54) is 11.6 Å². The fraction of sp³-hybridized carbons (Fsp3) is 0.321. The minimum absolute atomic E-state index is 0.0145. The van der Waals surface area contributed by atoms with E-state index in [0.717, 1.165) is 29.6 Å². The summed E-state index contributed by atoms with van der Waals surface area (Å²) in [6.45, 7) is 1.37. The fourth-order valence-corrected chi connectivity index (χ4v) is 5.29. The number of hydrogen-bond acceptors (Lipinski definition) is 5. The maximum Gasteiger partial charge on any atom is 0.257 e. The van der Waals surface area contributed by atoms with Crippen molar-refractivity contribution in [2.45, 2.75) is 25.3 Å². The van der Waals surface area contributed by atoms with E-state index in [1.54, 1.807) is 48.1 Å². The first-order chi connectivity index (χ1) is 17.6. The predicted octanol–water partition coefficient (Wildman–Crippen LogP) is 3.40. The lowest BCUT2D eigenvalue weighted by Crippen LogP contribution is -2.47. The van der Waals surface area contributed by atoms with Crippen molar-refractivity contribution in [1.29, 1.82) is 0 Å². The van der Waals surface area contributed by atoms with Gasteiger partial charge in [0.2, 0.25) is 0 Å². The Morgan fingerprint density at radius 3 is 2.49 bits per heavy atom. The molecule has 37 heavy (non-hydrogen) atoms. The average Bonchev–Trinajstić information content (AvgIpc) is 3.19. The van der Waals surface area contributed by atoms with E-state index in [1.807, 2.05) is 41.9 Å². The second kappa shape index (κ2) is 9.49. The van der Waals surface area contributed by atoms with Gasteiger partial charge >= 0.3 is 0 Å². The third-order valence-electron chi connectivity index (χ3n) is 7.46. The molecule has 3 aromatic heterocycles. The smallest absolute Gasteiger partial charge is 0.257 e. The number of carbonyl (C=O) groups excluding carboxylic acids is 1. The molecular weight excluding hydrogens is 468 g/mol. The molecule has 1 fully saturated rings. The summed E-state index contributed by atoms with van der Waals surface area (Å²) in [5.74, 6) is 0.293. The highest BCUT2D eigenvalue weighted by molar-refractivity contribution is 5.93. The minimum Gasteiger partial charge on any atom is -0.633 e. The Balaban J connectivity index is 1.34. The summed E-state index contributed by atoms with van der Waals surface area (Å²) in [6, 6.07) is 14.6. The minimum atomic E-state index is -0.297. The number of hydroxylamine groups is 3. The van der Waals surface area contributed by atoms with E-state index in [-0.39, 0.29) is 16.1 Å². The number of aryl methyl sites for hydroxylation is 1. The number of likely N-dealkylation sites (tertiary alicyclic amines) is 1. The molecule has 0 unspecified atom stereocenters. The SMILES string of the molecule is CN(C)C(=O)c1ccc(C2CC[N+]([O-])(Cc3cc4c(-n5ccc(N)cc5=O)ccnc4n3C)CC2)cc1. The number of nitrogens with two attached hydrogens (primary N) is 1. The molecule has 0 aliphatic carbocycles. The van der Waals surface area contributed by atoms with Crippen LogP contribution in [-0.2, 0) is 13.6 Å². The summed E-state index contributed by atoms with van der Waals surface area (Å²) in [5.41, 5.74) is 10.1. The molecule has 1 aromatic carbocycles. The number of nitrogen functional groups attached to an aromatic ring is 1. The van der Waals surface area contributed by atoms with Crippen molar-refractivity contribution in [3.05, 3.63) is 93.3 Å². The normalized spacial score (nSPS) is 19.7. The number of aromatic nitrogens is 3. The van der Waals surface area contributed by atoms with E-state index >= 15 is 0 Å². The summed E-state index contributed by atoms with van der Waals surface area (Å²) < 4.78 is 3.20. The molecule has 4 heterocycles. The lowest BCUT2D eigenvalue weighted by Gasteiger charge is -2.47. The highest BCUT2D eigenvalue weighted by atomic mass is 16.5. The quantitative estimate of drug-likeness (QED) is 0.334. The molecule has 0 saturated carbocycles. The number of anilines is 1. The summed E-state index contributed by atoms with van der Waals surface area (Å²) in [4.78, 5) is 30.8. The van der Waals surface area contributed by atoms with Crippen LogP contribution in [0.3, 0.4) is 0 Å². The van der Waals surface area contributed by atoms with Crippen LogP contribution in [0.25, 0.3) is 16.7 Å². The molecule has 9 nitrogen and oxygen atoms in total. The Morgan fingerprint density at radius 2 is 1.84 bits per heavy atom.